The van der Waals surface area contributed by atoms with Crippen LogP contribution in [0.5, 0.6) is 0 Å². The number of pyridine rings is 4. The van der Waals surface area contributed by atoms with Gasteiger partial charge in [0.05, 0.1) is 26.7 Å². The van der Waals surface area contributed by atoms with Crippen LogP contribution in [-0.4, -0.2) is 4.98 Å². The van der Waals surface area contributed by atoms with Gasteiger partial charge < -0.3 is 0 Å². The standard InChI is InChI=1S/3C15H14NS.C13H9NS.Ir/c3*1-11-8-10-17-15(11)14-13-6-4-3-5-12(13)7-9-16(14)2;1-2-5-11-10(4-1)7-8-14-13(11)12-6-3-9-15-12;/h3*3-10H,1-2H3;1-9H;/q3*+1;;. The zero-order chi connectivity index (χ0) is 45.6. The van der Waals surface area contributed by atoms with Crippen molar-refractivity contribution in [1.82, 2.24) is 4.98 Å². The van der Waals surface area contributed by atoms with E-state index in [1.807, 2.05) is 46.3 Å². The van der Waals surface area contributed by atoms with Gasteiger partial charge in [0, 0.05) is 49.9 Å². The summed E-state index contributed by atoms with van der Waals surface area (Å²) in [6.07, 6.45) is 8.28. The summed E-state index contributed by atoms with van der Waals surface area (Å²) >= 11 is 7.16. The Morgan fingerprint density at radius 2 is 0.716 bits per heavy atom. The quantitative estimate of drug-likeness (QED) is 0.161. The minimum absolute atomic E-state index is 0. The molecule has 0 amide bonds. The molecular weight excluding hydrogens is 1070 g/mol. The molecule has 4 nitrogen and oxygen atoms in total. The van der Waals surface area contributed by atoms with E-state index in [0.717, 1.165) is 5.69 Å². The molecule has 9 heteroatoms. The van der Waals surface area contributed by atoms with Crippen molar-refractivity contribution in [3.05, 3.63) is 215 Å². The summed E-state index contributed by atoms with van der Waals surface area (Å²) in [5.41, 5.74) is 9.08. The fraction of sp³-hybridized carbons (Fsp3) is 0.103. The summed E-state index contributed by atoms with van der Waals surface area (Å²) in [6.45, 7) is 6.52. The number of hydrogen-bond donors (Lipinski definition) is 0. The van der Waals surface area contributed by atoms with Crippen LogP contribution in [0.25, 0.3) is 85.4 Å². The number of hydrogen-bond acceptors (Lipinski definition) is 5. The number of aryl methyl sites for hydroxylation is 6. The topological polar surface area (TPSA) is 24.5 Å². The molecule has 67 heavy (non-hydrogen) atoms. The fourth-order valence-electron chi connectivity index (χ4n) is 8.37. The maximum Gasteiger partial charge on any atom is 0.230 e. The monoisotopic (exact) mass is 1120 g/mol. The number of benzene rings is 4. The van der Waals surface area contributed by atoms with E-state index in [4.69, 9.17) is 0 Å². The van der Waals surface area contributed by atoms with Crippen molar-refractivity contribution in [2.24, 2.45) is 21.1 Å². The van der Waals surface area contributed by atoms with Crippen molar-refractivity contribution in [3.8, 4) is 42.3 Å². The molecule has 12 aromatic rings. The Bertz CT molecular complexity index is 3290. The molecule has 0 aliphatic heterocycles. The van der Waals surface area contributed by atoms with Crippen LogP contribution in [0.3, 0.4) is 0 Å². The molecule has 0 aliphatic carbocycles. The van der Waals surface area contributed by atoms with Gasteiger partial charge >= 0.3 is 0 Å². The Balaban J connectivity index is 0.000000121. The van der Waals surface area contributed by atoms with Gasteiger partial charge in [-0.15, -0.1) is 45.3 Å². The van der Waals surface area contributed by atoms with E-state index in [1.54, 1.807) is 11.3 Å². The molecule has 333 valence electrons. The van der Waals surface area contributed by atoms with Gasteiger partial charge in [0.1, 0.15) is 35.8 Å². The number of thiophene rings is 4. The molecule has 8 heterocycles. The van der Waals surface area contributed by atoms with Crippen LogP contribution >= 0.6 is 45.3 Å². The second-order valence-corrected chi connectivity index (χ2v) is 19.9. The molecule has 12 rings (SSSR count). The molecular formula is C58H51IrN4S4+3. The second kappa shape index (κ2) is 21.7. The average molecular weight is 1120 g/mol. The molecule has 0 fully saturated rings. The number of nitrogens with zero attached hydrogens (tertiary/aromatic N) is 4. The molecule has 0 saturated carbocycles. The molecule has 0 atom stereocenters. The summed E-state index contributed by atoms with van der Waals surface area (Å²) in [5.74, 6) is 0. The first-order valence-corrected chi connectivity index (χ1v) is 25.4. The van der Waals surface area contributed by atoms with Crippen LogP contribution in [0.2, 0.25) is 0 Å². The van der Waals surface area contributed by atoms with Crippen LogP contribution in [0.1, 0.15) is 16.7 Å². The van der Waals surface area contributed by atoms with E-state index < -0.39 is 0 Å². The zero-order valence-corrected chi connectivity index (χ0v) is 44.0. The van der Waals surface area contributed by atoms with Gasteiger partial charge in [-0.3, -0.25) is 4.98 Å². The van der Waals surface area contributed by atoms with Gasteiger partial charge in [0.15, 0.2) is 18.6 Å². The summed E-state index contributed by atoms with van der Waals surface area (Å²) in [4.78, 5) is 9.78. The molecule has 0 saturated heterocycles. The third kappa shape index (κ3) is 10.3. The molecule has 0 N–H and O–H groups in total. The third-order valence-electron chi connectivity index (χ3n) is 11.8. The first-order chi connectivity index (χ1) is 32.3. The van der Waals surface area contributed by atoms with E-state index in [-0.39, 0.29) is 20.1 Å². The van der Waals surface area contributed by atoms with Gasteiger partial charge in [0.25, 0.3) is 0 Å². The maximum atomic E-state index is 4.46. The SMILES string of the molecule is Cc1ccsc1-c1c2ccccc2cc[n+]1C.Cc1ccsc1-c1c2ccccc2cc[n+]1C.Cc1ccsc1-c1c2ccccc2cc[n+]1C.[Ir].c1csc(-c2nccc3ccccc23)c1. The molecule has 8 aromatic heterocycles. The fourth-order valence-corrected chi connectivity index (χ4v) is 12.2. The molecule has 1 radical (unpaired) electrons. The molecule has 4 aromatic carbocycles. The van der Waals surface area contributed by atoms with E-state index in [2.05, 4.69) is 246 Å². The Morgan fingerprint density at radius 1 is 0.358 bits per heavy atom. The van der Waals surface area contributed by atoms with Crippen LogP contribution in [-0.2, 0) is 41.2 Å². The Morgan fingerprint density at radius 3 is 1.06 bits per heavy atom. The first kappa shape index (κ1) is 47.5. The smallest absolute Gasteiger partial charge is 0.230 e. The molecule has 0 unspecified atom stereocenters. The summed E-state index contributed by atoms with van der Waals surface area (Å²) in [5, 5.41) is 18.9. The van der Waals surface area contributed by atoms with E-state index >= 15 is 0 Å². The first-order valence-electron chi connectivity index (χ1n) is 21.9. The largest absolute Gasteiger partial charge is 0.255 e. The normalized spacial score (nSPS) is 10.7. The van der Waals surface area contributed by atoms with Crippen LogP contribution in [0.15, 0.2) is 198 Å². The number of rotatable bonds is 4. The van der Waals surface area contributed by atoms with E-state index in [0.29, 0.717) is 0 Å². The van der Waals surface area contributed by atoms with Crippen LogP contribution in [0.4, 0.5) is 0 Å². The predicted molar refractivity (Wildman–Crippen MR) is 285 cm³/mol. The van der Waals surface area contributed by atoms with Crippen molar-refractivity contribution < 1.29 is 33.8 Å². The van der Waals surface area contributed by atoms with Gasteiger partial charge in [-0.1, -0.05) is 84.9 Å². The van der Waals surface area contributed by atoms with Crippen molar-refractivity contribution in [2.75, 3.05) is 0 Å². The number of fused-ring (bicyclic) bond motifs is 4. The van der Waals surface area contributed by atoms with Gasteiger partial charge in [-0.25, -0.2) is 0 Å². The van der Waals surface area contributed by atoms with Crippen LogP contribution in [0, 0.1) is 20.8 Å². The predicted octanol–water partition coefficient (Wildman–Crippen LogP) is 15.1. The minimum atomic E-state index is 0. The van der Waals surface area contributed by atoms with E-state index in [9.17, 15) is 0 Å². The second-order valence-electron chi connectivity index (χ2n) is 16.2. The van der Waals surface area contributed by atoms with Crippen molar-refractivity contribution >= 4 is 88.4 Å². The van der Waals surface area contributed by atoms with Crippen molar-refractivity contribution in [1.29, 1.82) is 0 Å². The summed E-state index contributed by atoms with van der Waals surface area (Å²) in [6, 6.07) is 53.3. The van der Waals surface area contributed by atoms with E-state index in [1.165, 1.54) is 96.4 Å². The Kier molecular flexibility index (Phi) is 15.4. The Hall–Kier alpha value is -6.03. The Labute approximate surface area is 422 Å². The average Bonchev–Trinajstić information content (AvgIpc) is 4.20. The van der Waals surface area contributed by atoms with Crippen LogP contribution < -0.4 is 13.7 Å². The maximum absolute atomic E-state index is 4.46. The molecule has 0 aliphatic rings. The molecule has 0 bridgehead atoms. The van der Waals surface area contributed by atoms with Gasteiger partial charge in [0.2, 0.25) is 17.1 Å². The van der Waals surface area contributed by atoms with Crippen molar-refractivity contribution in [3.63, 3.8) is 0 Å². The summed E-state index contributed by atoms with van der Waals surface area (Å²) < 4.78 is 6.63. The van der Waals surface area contributed by atoms with Crippen molar-refractivity contribution in [2.45, 2.75) is 20.8 Å². The number of aromatic nitrogens is 4. The third-order valence-corrected chi connectivity index (χ3v) is 15.7. The van der Waals surface area contributed by atoms with Gasteiger partial charge in [-0.2, -0.15) is 13.7 Å². The zero-order valence-electron chi connectivity index (χ0n) is 38.3. The molecule has 0 spiro atoms. The van der Waals surface area contributed by atoms with Gasteiger partial charge in [-0.05, 0) is 129 Å². The minimum Gasteiger partial charge on any atom is -0.255 e. The summed E-state index contributed by atoms with van der Waals surface area (Å²) in [7, 11) is 6.34.